The highest BCUT2D eigenvalue weighted by molar-refractivity contribution is 6.01. The number of anilines is 1. The molecular weight excluding hydrogens is 502 g/mol. The fourth-order valence-corrected chi connectivity index (χ4v) is 6.54. The lowest BCUT2D eigenvalue weighted by Gasteiger charge is -2.33. The summed E-state index contributed by atoms with van der Waals surface area (Å²) in [6, 6.07) is 24.3. The molecule has 1 atom stereocenters. The predicted molar refractivity (Wildman–Crippen MR) is 155 cm³/mol. The molecule has 2 aliphatic heterocycles. The molecule has 7 nitrogen and oxygen atoms in total. The fourth-order valence-electron chi connectivity index (χ4n) is 6.54. The SMILES string of the molecule is CCn1c(C)c(C2(c3ccc(N4CCOCC4)cc3OC)OC(=O)c3cc4ccccc4nc32)c2ccccc21. The quantitative estimate of drug-likeness (QED) is 0.265. The molecule has 1 fully saturated rings. The number of esters is 1. The molecule has 0 bridgehead atoms. The Bertz CT molecular complexity index is 1790. The van der Waals surface area contributed by atoms with Gasteiger partial charge in [-0.25, -0.2) is 9.78 Å². The van der Waals surface area contributed by atoms with Crippen molar-refractivity contribution < 1.29 is 19.0 Å². The molecule has 1 saturated heterocycles. The van der Waals surface area contributed by atoms with Crippen molar-refractivity contribution >= 4 is 33.5 Å². The normalized spacial score (nSPS) is 18.8. The zero-order valence-electron chi connectivity index (χ0n) is 22.9. The highest BCUT2D eigenvalue weighted by Crippen LogP contribution is 2.53. The Morgan fingerprint density at radius 3 is 2.58 bits per heavy atom. The van der Waals surface area contributed by atoms with Crippen LogP contribution < -0.4 is 9.64 Å². The summed E-state index contributed by atoms with van der Waals surface area (Å²) in [6.45, 7) is 8.00. The third-order valence-corrected chi connectivity index (χ3v) is 8.36. The van der Waals surface area contributed by atoms with Crippen molar-refractivity contribution in [2.45, 2.75) is 26.0 Å². The van der Waals surface area contributed by atoms with Crippen molar-refractivity contribution in [2.75, 3.05) is 38.3 Å². The maximum atomic E-state index is 13.8. The average molecular weight is 534 g/mol. The summed E-state index contributed by atoms with van der Waals surface area (Å²) in [6.07, 6.45) is 0. The first-order valence-electron chi connectivity index (χ1n) is 13.8. The number of fused-ring (bicyclic) bond motifs is 3. The first-order valence-corrected chi connectivity index (χ1v) is 13.8. The molecule has 202 valence electrons. The highest BCUT2D eigenvalue weighted by Gasteiger charge is 2.54. The molecule has 0 N–H and O–H groups in total. The van der Waals surface area contributed by atoms with Crippen molar-refractivity contribution in [3.05, 3.63) is 101 Å². The van der Waals surface area contributed by atoms with Gasteiger partial charge in [0.15, 0.2) is 0 Å². The van der Waals surface area contributed by atoms with Crippen LogP contribution in [0.3, 0.4) is 0 Å². The smallest absolute Gasteiger partial charge is 0.341 e. The van der Waals surface area contributed by atoms with Crippen LogP contribution in [0, 0.1) is 6.92 Å². The number of hydrogen-bond acceptors (Lipinski definition) is 6. The molecule has 2 aliphatic rings. The number of pyridine rings is 1. The number of carbonyl (C=O) groups is 1. The molecular formula is C33H31N3O4. The minimum absolute atomic E-state index is 0.389. The van der Waals surface area contributed by atoms with Crippen molar-refractivity contribution in [2.24, 2.45) is 0 Å². The van der Waals surface area contributed by atoms with Crippen molar-refractivity contribution in [1.29, 1.82) is 0 Å². The van der Waals surface area contributed by atoms with Crippen LogP contribution >= 0.6 is 0 Å². The van der Waals surface area contributed by atoms with Gasteiger partial charge in [0.05, 0.1) is 31.4 Å². The summed E-state index contributed by atoms with van der Waals surface area (Å²) < 4.78 is 20.5. The second-order valence-corrected chi connectivity index (χ2v) is 10.4. The van der Waals surface area contributed by atoms with Crippen LogP contribution in [0.1, 0.15) is 39.8 Å². The van der Waals surface area contributed by atoms with Gasteiger partial charge in [0.1, 0.15) is 11.4 Å². The van der Waals surface area contributed by atoms with Crippen LogP contribution in [0.2, 0.25) is 0 Å². The largest absolute Gasteiger partial charge is 0.496 e. The molecule has 2 aromatic heterocycles. The number of nitrogens with zero attached hydrogens (tertiary/aromatic N) is 3. The van der Waals surface area contributed by atoms with E-state index in [1.54, 1.807) is 7.11 Å². The Hall–Kier alpha value is -4.36. The third kappa shape index (κ3) is 3.47. The highest BCUT2D eigenvalue weighted by atomic mass is 16.6. The van der Waals surface area contributed by atoms with Gasteiger partial charge in [-0.1, -0.05) is 36.4 Å². The Kier molecular flexibility index (Phi) is 5.78. The third-order valence-electron chi connectivity index (χ3n) is 8.36. The lowest BCUT2D eigenvalue weighted by molar-refractivity contribution is 0.0239. The molecule has 7 heteroatoms. The van der Waals surface area contributed by atoms with Crippen LogP contribution in [0.15, 0.2) is 72.8 Å². The Morgan fingerprint density at radius 2 is 1.77 bits per heavy atom. The van der Waals surface area contributed by atoms with Crippen LogP contribution in [0.5, 0.6) is 5.75 Å². The van der Waals surface area contributed by atoms with Gasteiger partial charge in [0, 0.05) is 64.5 Å². The number of carbonyl (C=O) groups excluding carboxylic acids is 1. The zero-order chi connectivity index (χ0) is 27.4. The van der Waals surface area contributed by atoms with Crippen LogP contribution in [-0.2, 0) is 21.6 Å². The fraction of sp³-hybridized carbons (Fsp3) is 0.273. The number of ether oxygens (including phenoxy) is 3. The van der Waals surface area contributed by atoms with Gasteiger partial charge in [0.25, 0.3) is 0 Å². The molecule has 0 spiro atoms. The molecule has 3 aromatic carbocycles. The standard InChI is InChI=1S/C33H31N3O4/c1-4-36-21(2)30(24-10-6-8-12-28(24)36)33(26-14-13-23(20-29(26)38-3)35-15-17-39-18-16-35)31-25(32(37)40-33)19-22-9-5-7-11-27(22)34-31/h5-14,19-20H,4,15-18H2,1-3H3. The molecule has 0 saturated carbocycles. The summed E-state index contributed by atoms with van der Waals surface area (Å²) >= 11 is 0. The number of benzene rings is 3. The number of cyclic esters (lactones) is 1. The maximum absolute atomic E-state index is 13.8. The van der Waals surface area contributed by atoms with Crippen molar-refractivity contribution in [3.63, 3.8) is 0 Å². The van der Waals surface area contributed by atoms with E-state index < -0.39 is 5.60 Å². The first kappa shape index (κ1) is 24.7. The lowest BCUT2D eigenvalue weighted by atomic mass is 9.80. The van der Waals surface area contributed by atoms with Crippen molar-refractivity contribution in [1.82, 2.24) is 9.55 Å². The van der Waals surface area contributed by atoms with E-state index in [2.05, 4.69) is 41.5 Å². The van der Waals surface area contributed by atoms with E-state index in [-0.39, 0.29) is 5.97 Å². The van der Waals surface area contributed by atoms with Gasteiger partial charge in [-0.2, -0.15) is 0 Å². The van der Waals surface area contributed by atoms with E-state index in [0.717, 1.165) is 63.9 Å². The lowest BCUT2D eigenvalue weighted by Crippen LogP contribution is -2.36. The number of hydrogen-bond donors (Lipinski definition) is 0. The molecule has 0 radical (unpaired) electrons. The van der Waals surface area contributed by atoms with E-state index in [9.17, 15) is 4.79 Å². The Balaban J connectivity index is 1.57. The molecule has 4 heterocycles. The van der Waals surface area contributed by atoms with Gasteiger partial charge in [-0.05, 0) is 44.2 Å². The first-order chi connectivity index (χ1) is 19.6. The Labute approximate surface area is 232 Å². The molecule has 40 heavy (non-hydrogen) atoms. The summed E-state index contributed by atoms with van der Waals surface area (Å²) in [5.74, 6) is 0.257. The van der Waals surface area contributed by atoms with E-state index in [1.165, 1.54) is 0 Å². The predicted octanol–water partition coefficient (Wildman–Crippen LogP) is 5.83. The van der Waals surface area contributed by atoms with Crippen LogP contribution in [0.4, 0.5) is 5.69 Å². The van der Waals surface area contributed by atoms with E-state index >= 15 is 0 Å². The second kappa shape index (κ2) is 9.38. The monoisotopic (exact) mass is 533 g/mol. The number of aromatic nitrogens is 2. The van der Waals surface area contributed by atoms with Crippen LogP contribution in [-0.4, -0.2) is 48.9 Å². The van der Waals surface area contributed by atoms with Gasteiger partial charge in [-0.3, -0.25) is 0 Å². The average Bonchev–Trinajstić information content (AvgIpc) is 3.45. The van der Waals surface area contributed by atoms with E-state index in [0.29, 0.717) is 30.2 Å². The van der Waals surface area contributed by atoms with E-state index in [1.807, 2.05) is 54.6 Å². The minimum Gasteiger partial charge on any atom is -0.496 e. The van der Waals surface area contributed by atoms with Gasteiger partial charge >= 0.3 is 5.97 Å². The molecule has 7 rings (SSSR count). The van der Waals surface area contributed by atoms with E-state index in [4.69, 9.17) is 19.2 Å². The number of para-hydroxylation sites is 2. The van der Waals surface area contributed by atoms with Crippen molar-refractivity contribution in [3.8, 4) is 5.75 Å². The summed E-state index contributed by atoms with van der Waals surface area (Å²) in [7, 11) is 1.67. The summed E-state index contributed by atoms with van der Waals surface area (Å²) in [4.78, 5) is 21.2. The van der Waals surface area contributed by atoms with Crippen LogP contribution in [0.25, 0.3) is 21.8 Å². The van der Waals surface area contributed by atoms with Gasteiger partial charge < -0.3 is 23.7 Å². The van der Waals surface area contributed by atoms with Gasteiger partial charge in [-0.15, -0.1) is 0 Å². The number of methoxy groups -OCH3 is 1. The Morgan fingerprint density at radius 1 is 1.00 bits per heavy atom. The molecule has 5 aromatic rings. The summed E-state index contributed by atoms with van der Waals surface area (Å²) in [5, 5.41) is 1.92. The van der Waals surface area contributed by atoms with Gasteiger partial charge in [0.2, 0.25) is 5.60 Å². The summed E-state index contributed by atoms with van der Waals surface area (Å²) in [5.41, 5.74) is 5.41. The number of aryl methyl sites for hydroxylation is 1. The topological polar surface area (TPSA) is 65.8 Å². The molecule has 1 unspecified atom stereocenters. The molecule has 0 aliphatic carbocycles. The minimum atomic E-state index is -1.30. The molecule has 0 amide bonds. The number of morpholine rings is 1. The number of rotatable bonds is 5. The second-order valence-electron chi connectivity index (χ2n) is 10.4. The maximum Gasteiger partial charge on any atom is 0.341 e. The zero-order valence-corrected chi connectivity index (χ0v) is 22.9.